The number of aromatic amines is 1. The Hall–Kier alpha value is -2.21. The lowest BCUT2D eigenvalue weighted by atomic mass is 10.2. The molecule has 98 valence electrons. The van der Waals surface area contributed by atoms with E-state index in [-0.39, 0.29) is 5.91 Å². The molecule has 6 heteroatoms. The van der Waals surface area contributed by atoms with E-state index in [1.54, 1.807) is 18.5 Å². The fourth-order valence-electron chi connectivity index (χ4n) is 2.13. The van der Waals surface area contributed by atoms with Gasteiger partial charge in [-0.15, -0.1) is 0 Å². The number of amides is 1. The van der Waals surface area contributed by atoms with E-state index < -0.39 is 0 Å². The second-order valence-electron chi connectivity index (χ2n) is 4.45. The van der Waals surface area contributed by atoms with Crippen LogP contribution < -0.4 is 5.32 Å². The number of nitrogens with one attached hydrogen (secondary N) is 2. The second-order valence-corrected chi connectivity index (χ2v) is 4.45. The highest BCUT2D eigenvalue weighted by atomic mass is 16.2. The molecule has 1 aliphatic heterocycles. The summed E-state index contributed by atoms with van der Waals surface area (Å²) in [5.41, 5.74) is 2.17. The molecule has 2 aromatic rings. The molecular formula is C13H15N5O. The minimum atomic E-state index is 0.00383. The van der Waals surface area contributed by atoms with Crippen LogP contribution in [0.5, 0.6) is 0 Å². The Kier molecular flexibility index (Phi) is 3.24. The number of aromatic nitrogens is 3. The van der Waals surface area contributed by atoms with Crippen LogP contribution in [0, 0.1) is 0 Å². The summed E-state index contributed by atoms with van der Waals surface area (Å²) >= 11 is 0. The summed E-state index contributed by atoms with van der Waals surface area (Å²) in [7, 11) is 0. The maximum atomic E-state index is 12.3. The van der Waals surface area contributed by atoms with E-state index in [4.69, 9.17) is 0 Å². The third kappa shape index (κ3) is 2.48. The van der Waals surface area contributed by atoms with E-state index >= 15 is 0 Å². The minimum Gasteiger partial charge on any atom is -0.335 e. The lowest BCUT2D eigenvalue weighted by Crippen LogP contribution is -2.46. The topological polar surface area (TPSA) is 73.9 Å². The van der Waals surface area contributed by atoms with Gasteiger partial charge in [0.1, 0.15) is 5.69 Å². The van der Waals surface area contributed by atoms with E-state index in [1.807, 2.05) is 17.0 Å². The zero-order valence-electron chi connectivity index (χ0n) is 10.5. The van der Waals surface area contributed by atoms with Gasteiger partial charge in [-0.05, 0) is 18.2 Å². The van der Waals surface area contributed by atoms with Gasteiger partial charge in [0.2, 0.25) is 0 Å². The first-order valence-electron chi connectivity index (χ1n) is 6.30. The van der Waals surface area contributed by atoms with Gasteiger partial charge < -0.3 is 10.2 Å². The van der Waals surface area contributed by atoms with E-state index in [0.717, 1.165) is 37.4 Å². The van der Waals surface area contributed by atoms with Gasteiger partial charge in [0.05, 0.1) is 5.69 Å². The van der Waals surface area contributed by atoms with Crippen molar-refractivity contribution in [1.29, 1.82) is 0 Å². The number of piperazine rings is 1. The molecule has 0 aromatic carbocycles. The molecule has 6 nitrogen and oxygen atoms in total. The first kappa shape index (κ1) is 11.9. The van der Waals surface area contributed by atoms with Crippen molar-refractivity contribution in [2.45, 2.75) is 0 Å². The van der Waals surface area contributed by atoms with Crippen LogP contribution in [-0.4, -0.2) is 52.2 Å². The van der Waals surface area contributed by atoms with Gasteiger partial charge in [-0.25, -0.2) is 0 Å². The van der Waals surface area contributed by atoms with Gasteiger partial charge in [0, 0.05) is 44.1 Å². The Morgan fingerprint density at radius 3 is 2.89 bits per heavy atom. The van der Waals surface area contributed by atoms with Crippen LogP contribution >= 0.6 is 0 Å². The molecule has 1 amide bonds. The lowest BCUT2D eigenvalue weighted by molar-refractivity contribution is 0.0730. The molecule has 19 heavy (non-hydrogen) atoms. The molecule has 3 heterocycles. The normalized spacial score (nSPS) is 15.5. The molecule has 0 atom stereocenters. The first-order chi connectivity index (χ1) is 9.34. The summed E-state index contributed by atoms with van der Waals surface area (Å²) in [5, 5.41) is 10.2. The number of carbonyl (C=O) groups is 1. The summed E-state index contributed by atoms with van der Waals surface area (Å²) in [5.74, 6) is 0.00383. The molecule has 0 aliphatic carbocycles. The highest BCUT2D eigenvalue weighted by Crippen LogP contribution is 2.16. The average molecular weight is 257 g/mol. The zero-order valence-corrected chi connectivity index (χ0v) is 10.5. The molecule has 2 aromatic heterocycles. The Morgan fingerprint density at radius 1 is 1.32 bits per heavy atom. The largest absolute Gasteiger partial charge is 0.335 e. The van der Waals surface area contributed by atoms with Gasteiger partial charge in [0.25, 0.3) is 5.91 Å². The number of H-pyrrole nitrogens is 1. The maximum Gasteiger partial charge on any atom is 0.271 e. The van der Waals surface area contributed by atoms with Gasteiger partial charge in [-0.2, -0.15) is 5.10 Å². The molecule has 0 bridgehead atoms. The molecular weight excluding hydrogens is 242 g/mol. The third-order valence-corrected chi connectivity index (χ3v) is 3.17. The number of rotatable bonds is 2. The average Bonchev–Trinajstić information content (AvgIpc) is 2.98. The van der Waals surface area contributed by atoms with Crippen molar-refractivity contribution in [3.8, 4) is 11.3 Å². The minimum absolute atomic E-state index is 0.00383. The Bertz CT molecular complexity index is 559. The molecule has 1 fully saturated rings. The van der Waals surface area contributed by atoms with E-state index in [0.29, 0.717) is 5.69 Å². The summed E-state index contributed by atoms with van der Waals surface area (Å²) in [6.45, 7) is 3.16. The van der Waals surface area contributed by atoms with Crippen LogP contribution in [0.2, 0.25) is 0 Å². The molecule has 2 N–H and O–H groups in total. The van der Waals surface area contributed by atoms with Crippen molar-refractivity contribution in [2.24, 2.45) is 0 Å². The van der Waals surface area contributed by atoms with E-state index in [2.05, 4.69) is 20.5 Å². The van der Waals surface area contributed by atoms with Crippen LogP contribution in [0.4, 0.5) is 0 Å². The van der Waals surface area contributed by atoms with Crippen molar-refractivity contribution < 1.29 is 4.79 Å². The fraction of sp³-hybridized carbons (Fsp3) is 0.308. The smallest absolute Gasteiger partial charge is 0.271 e. The van der Waals surface area contributed by atoms with E-state index in [1.165, 1.54) is 0 Å². The van der Waals surface area contributed by atoms with Crippen molar-refractivity contribution in [2.75, 3.05) is 26.2 Å². The Balaban J connectivity index is 1.79. The summed E-state index contributed by atoms with van der Waals surface area (Å²) in [6, 6.07) is 5.55. The first-order valence-corrected chi connectivity index (χ1v) is 6.30. The van der Waals surface area contributed by atoms with Gasteiger partial charge in [0.15, 0.2) is 0 Å². The van der Waals surface area contributed by atoms with Gasteiger partial charge >= 0.3 is 0 Å². The molecule has 0 unspecified atom stereocenters. The monoisotopic (exact) mass is 257 g/mol. The second kappa shape index (κ2) is 5.19. The number of nitrogens with zero attached hydrogens (tertiary/aromatic N) is 3. The zero-order chi connectivity index (χ0) is 13.1. The molecule has 0 saturated carbocycles. The van der Waals surface area contributed by atoms with Crippen LogP contribution in [0.3, 0.4) is 0 Å². The number of pyridine rings is 1. The summed E-state index contributed by atoms with van der Waals surface area (Å²) in [4.78, 5) is 18.1. The van der Waals surface area contributed by atoms with Crippen molar-refractivity contribution in [1.82, 2.24) is 25.4 Å². The predicted molar refractivity (Wildman–Crippen MR) is 70.6 cm³/mol. The predicted octanol–water partition coefficient (Wildman–Crippen LogP) is 0.517. The number of hydrogen-bond acceptors (Lipinski definition) is 4. The molecule has 3 rings (SSSR count). The Labute approximate surface area is 110 Å². The van der Waals surface area contributed by atoms with Crippen LogP contribution in [0.1, 0.15) is 10.5 Å². The fourth-order valence-corrected chi connectivity index (χ4v) is 2.13. The number of hydrogen-bond donors (Lipinski definition) is 2. The quantitative estimate of drug-likeness (QED) is 0.822. The standard InChI is InChI=1S/C13H15N5O/c19-13(18-6-4-14-5-7-18)12-8-11(16-17-12)10-2-1-3-15-9-10/h1-3,8-9,14H,4-7H2,(H,16,17). The van der Waals surface area contributed by atoms with Crippen molar-refractivity contribution >= 4 is 5.91 Å². The van der Waals surface area contributed by atoms with Crippen molar-refractivity contribution in [3.05, 3.63) is 36.3 Å². The Morgan fingerprint density at radius 2 is 2.16 bits per heavy atom. The molecule has 0 spiro atoms. The molecule has 1 saturated heterocycles. The summed E-state index contributed by atoms with van der Waals surface area (Å²) < 4.78 is 0. The van der Waals surface area contributed by atoms with E-state index in [9.17, 15) is 4.79 Å². The summed E-state index contributed by atoms with van der Waals surface area (Å²) in [6.07, 6.45) is 3.44. The van der Waals surface area contributed by atoms with Crippen LogP contribution in [0.25, 0.3) is 11.3 Å². The van der Waals surface area contributed by atoms with Crippen molar-refractivity contribution in [3.63, 3.8) is 0 Å². The molecule has 0 radical (unpaired) electrons. The van der Waals surface area contributed by atoms with Crippen LogP contribution in [0.15, 0.2) is 30.6 Å². The SMILES string of the molecule is O=C(c1cc(-c2cccnc2)n[nH]1)N1CCNCC1. The number of carbonyl (C=O) groups excluding carboxylic acids is 1. The van der Waals surface area contributed by atoms with Gasteiger partial charge in [-0.1, -0.05) is 0 Å². The molecule has 1 aliphatic rings. The van der Waals surface area contributed by atoms with Crippen LogP contribution in [-0.2, 0) is 0 Å². The highest BCUT2D eigenvalue weighted by Gasteiger charge is 2.20. The highest BCUT2D eigenvalue weighted by molar-refractivity contribution is 5.93. The maximum absolute atomic E-state index is 12.3. The third-order valence-electron chi connectivity index (χ3n) is 3.17. The lowest BCUT2D eigenvalue weighted by Gasteiger charge is -2.26. The van der Waals surface area contributed by atoms with Gasteiger partial charge in [-0.3, -0.25) is 14.9 Å².